The minimum absolute atomic E-state index is 0.0160. The normalized spacial score (nSPS) is 22.3. The van der Waals surface area contributed by atoms with Crippen molar-refractivity contribution in [2.24, 2.45) is 5.92 Å². The van der Waals surface area contributed by atoms with Crippen LogP contribution >= 0.6 is 0 Å². The first-order valence-electron chi connectivity index (χ1n) is 5.96. The first-order valence-corrected chi connectivity index (χ1v) is 5.96. The minimum Gasteiger partial charge on any atom is -0.444 e. The lowest BCUT2D eigenvalue weighted by molar-refractivity contribution is -0.120. The standard InChI is InChI=1S/C14H19NO3/c1-5-6-12(16)10-7-8-11(9-10)15-13(17)18-14(2,3)4/h1,7-8,10-11H,6,9H2,2-4H3,(H,15,17). The topological polar surface area (TPSA) is 55.4 Å². The fraction of sp³-hybridized carbons (Fsp3) is 0.571. The van der Waals surface area contributed by atoms with E-state index in [0.717, 1.165) is 0 Å². The monoisotopic (exact) mass is 249 g/mol. The van der Waals surface area contributed by atoms with Gasteiger partial charge in [-0.15, -0.1) is 6.42 Å². The summed E-state index contributed by atoms with van der Waals surface area (Å²) in [7, 11) is 0. The van der Waals surface area contributed by atoms with Gasteiger partial charge in [0.15, 0.2) is 5.78 Å². The number of carbonyl (C=O) groups excluding carboxylic acids is 2. The first kappa shape index (κ1) is 14.3. The number of alkyl carbamates (subject to hydrolysis) is 1. The van der Waals surface area contributed by atoms with Crippen molar-refractivity contribution in [1.29, 1.82) is 0 Å². The van der Waals surface area contributed by atoms with Crippen LogP contribution in [0.3, 0.4) is 0 Å². The highest BCUT2D eigenvalue weighted by molar-refractivity contribution is 5.85. The summed E-state index contributed by atoms with van der Waals surface area (Å²) in [5.74, 6) is 2.16. The maximum Gasteiger partial charge on any atom is 0.408 e. The van der Waals surface area contributed by atoms with Gasteiger partial charge in [-0.05, 0) is 27.2 Å². The summed E-state index contributed by atoms with van der Waals surface area (Å²) in [5.41, 5.74) is -0.523. The number of Topliss-reactive ketones (excluding diaryl/α,β-unsaturated/α-hetero) is 1. The van der Waals surface area contributed by atoms with Gasteiger partial charge in [0.25, 0.3) is 0 Å². The maximum atomic E-state index is 11.6. The summed E-state index contributed by atoms with van der Waals surface area (Å²) in [6, 6.07) is -0.161. The Morgan fingerprint density at radius 2 is 2.11 bits per heavy atom. The molecule has 2 unspecified atom stereocenters. The van der Waals surface area contributed by atoms with Crippen LogP contribution < -0.4 is 5.32 Å². The van der Waals surface area contributed by atoms with Crippen LogP contribution in [0.15, 0.2) is 12.2 Å². The van der Waals surface area contributed by atoms with Gasteiger partial charge in [0.1, 0.15) is 5.60 Å². The zero-order chi connectivity index (χ0) is 13.8. The molecule has 0 heterocycles. The Balaban J connectivity index is 2.40. The molecule has 18 heavy (non-hydrogen) atoms. The number of nitrogens with one attached hydrogen (secondary N) is 1. The summed E-state index contributed by atoms with van der Waals surface area (Å²) in [6.07, 6.45) is 8.92. The lowest BCUT2D eigenvalue weighted by Gasteiger charge is -2.21. The molecule has 0 aromatic heterocycles. The van der Waals surface area contributed by atoms with Crippen LogP contribution in [0, 0.1) is 18.3 Å². The molecule has 0 fully saturated rings. The number of hydrogen-bond acceptors (Lipinski definition) is 3. The van der Waals surface area contributed by atoms with Crippen LogP contribution in [0.2, 0.25) is 0 Å². The third-order valence-electron chi connectivity index (χ3n) is 2.48. The molecule has 0 aromatic carbocycles. The van der Waals surface area contributed by atoms with E-state index in [1.165, 1.54) is 0 Å². The fourth-order valence-electron chi connectivity index (χ4n) is 1.74. The number of carbonyl (C=O) groups is 2. The van der Waals surface area contributed by atoms with E-state index in [1.54, 1.807) is 26.8 Å². The van der Waals surface area contributed by atoms with Gasteiger partial charge in [-0.3, -0.25) is 4.79 Å². The molecule has 0 saturated carbocycles. The smallest absolute Gasteiger partial charge is 0.408 e. The number of rotatable bonds is 3. The predicted molar refractivity (Wildman–Crippen MR) is 68.9 cm³/mol. The van der Waals surface area contributed by atoms with Gasteiger partial charge in [-0.1, -0.05) is 18.1 Å². The van der Waals surface area contributed by atoms with E-state index >= 15 is 0 Å². The van der Waals surface area contributed by atoms with Crippen LogP contribution in [0.1, 0.15) is 33.6 Å². The maximum absolute atomic E-state index is 11.6. The SMILES string of the molecule is C#CCC(=O)C1C=CC(NC(=O)OC(C)(C)C)C1. The first-order chi connectivity index (χ1) is 8.31. The number of allylic oxidation sites excluding steroid dienone is 1. The average molecular weight is 249 g/mol. The van der Waals surface area contributed by atoms with Crippen LogP contribution in [-0.4, -0.2) is 23.5 Å². The Morgan fingerprint density at radius 3 is 2.67 bits per heavy atom. The number of hydrogen-bond donors (Lipinski definition) is 1. The van der Waals surface area contributed by atoms with Crippen molar-refractivity contribution in [3.63, 3.8) is 0 Å². The Morgan fingerprint density at radius 1 is 1.44 bits per heavy atom. The molecule has 4 heteroatoms. The molecule has 0 aromatic rings. The van der Waals surface area contributed by atoms with Crippen LogP contribution in [-0.2, 0) is 9.53 Å². The van der Waals surface area contributed by atoms with E-state index in [2.05, 4.69) is 11.2 Å². The highest BCUT2D eigenvalue weighted by atomic mass is 16.6. The average Bonchev–Trinajstić information content (AvgIpc) is 2.63. The molecule has 0 radical (unpaired) electrons. The van der Waals surface area contributed by atoms with Crippen molar-refractivity contribution in [3.8, 4) is 12.3 Å². The summed E-state index contributed by atoms with van der Waals surface area (Å²) in [5, 5.41) is 2.71. The van der Waals surface area contributed by atoms with Crippen LogP contribution in [0.5, 0.6) is 0 Å². The Labute approximate surface area is 108 Å². The summed E-state index contributed by atoms with van der Waals surface area (Å²) < 4.78 is 5.14. The number of terminal acetylenes is 1. The molecule has 0 saturated heterocycles. The van der Waals surface area contributed by atoms with E-state index < -0.39 is 11.7 Å². The molecule has 0 aliphatic heterocycles. The number of amides is 1. The largest absolute Gasteiger partial charge is 0.444 e. The molecule has 98 valence electrons. The quantitative estimate of drug-likeness (QED) is 0.615. The lowest BCUT2D eigenvalue weighted by Crippen LogP contribution is -2.38. The number of ketones is 1. The molecular formula is C14H19NO3. The number of ether oxygens (including phenoxy) is 1. The van der Waals surface area contributed by atoms with Crippen molar-refractivity contribution in [1.82, 2.24) is 5.32 Å². The molecular weight excluding hydrogens is 230 g/mol. The van der Waals surface area contributed by atoms with Gasteiger partial charge in [-0.2, -0.15) is 0 Å². The fourth-order valence-corrected chi connectivity index (χ4v) is 1.74. The Hall–Kier alpha value is -1.76. The van der Waals surface area contributed by atoms with Gasteiger partial charge in [0.05, 0.1) is 12.5 Å². The van der Waals surface area contributed by atoms with E-state index in [9.17, 15) is 9.59 Å². The summed E-state index contributed by atoms with van der Waals surface area (Å²) in [6.45, 7) is 5.41. The third-order valence-corrected chi connectivity index (χ3v) is 2.48. The second-order valence-electron chi connectivity index (χ2n) is 5.33. The van der Waals surface area contributed by atoms with Crippen LogP contribution in [0.4, 0.5) is 4.79 Å². The minimum atomic E-state index is -0.523. The van der Waals surface area contributed by atoms with E-state index in [1.807, 2.05) is 6.08 Å². The molecule has 1 aliphatic rings. The summed E-state index contributed by atoms with van der Waals surface area (Å²) >= 11 is 0. The van der Waals surface area contributed by atoms with Crippen molar-refractivity contribution in [2.45, 2.75) is 45.3 Å². The second-order valence-corrected chi connectivity index (χ2v) is 5.33. The molecule has 1 amide bonds. The van der Waals surface area contributed by atoms with Crippen molar-refractivity contribution >= 4 is 11.9 Å². The van der Waals surface area contributed by atoms with Gasteiger partial charge >= 0.3 is 6.09 Å². The van der Waals surface area contributed by atoms with E-state index in [4.69, 9.17) is 11.2 Å². The van der Waals surface area contributed by atoms with Crippen molar-refractivity contribution in [3.05, 3.63) is 12.2 Å². The Kier molecular flexibility index (Phi) is 4.55. The lowest BCUT2D eigenvalue weighted by atomic mass is 10.0. The second kappa shape index (κ2) is 5.72. The van der Waals surface area contributed by atoms with Gasteiger partial charge < -0.3 is 10.1 Å². The highest BCUT2D eigenvalue weighted by Crippen LogP contribution is 2.20. The van der Waals surface area contributed by atoms with E-state index in [0.29, 0.717) is 6.42 Å². The molecule has 0 spiro atoms. The zero-order valence-electron chi connectivity index (χ0n) is 11.0. The Bertz CT molecular complexity index is 398. The highest BCUT2D eigenvalue weighted by Gasteiger charge is 2.26. The molecule has 1 N–H and O–H groups in total. The summed E-state index contributed by atoms with van der Waals surface area (Å²) in [4.78, 5) is 23.1. The van der Waals surface area contributed by atoms with E-state index in [-0.39, 0.29) is 24.2 Å². The zero-order valence-corrected chi connectivity index (χ0v) is 11.0. The van der Waals surface area contributed by atoms with Gasteiger partial charge in [-0.25, -0.2) is 4.79 Å². The van der Waals surface area contributed by atoms with Crippen molar-refractivity contribution in [2.75, 3.05) is 0 Å². The van der Waals surface area contributed by atoms with Gasteiger partial charge in [0, 0.05) is 5.92 Å². The third kappa shape index (κ3) is 4.62. The van der Waals surface area contributed by atoms with Gasteiger partial charge in [0.2, 0.25) is 0 Å². The van der Waals surface area contributed by atoms with Crippen molar-refractivity contribution < 1.29 is 14.3 Å². The molecule has 4 nitrogen and oxygen atoms in total. The predicted octanol–water partition coefficient (Wildman–Crippen LogP) is 2.05. The van der Waals surface area contributed by atoms with Crippen LogP contribution in [0.25, 0.3) is 0 Å². The molecule has 1 rings (SSSR count). The molecule has 2 atom stereocenters. The molecule has 0 bridgehead atoms. The molecule has 1 aliphatic carbocycles.